The molecule has 0 spiro atoms. The Labute approximate surface area is 112 Å². The van der Waals surface area contributed by atoms with Gasteiger partial charge in [0.1, 0.15) is 0 Å². The Kier molecular flexibility index (Phi) is 3.66. The number of anilines is 1. The smallest absolute Gasteiger partial charge is 0.244 e. The predicted molar refractivity (Wildman–Crippen MR) is 75.3 cm³/mol. The fourth-order valence-corrected chi connectivity index (χ4v) is 1.58. The largest absolute Gasteiger partial charge is 0.323 e. The van der Waals surface area contributed by atoms with Gasteiger partial charge in [0.2, 0.25) is 5.91 Å². The van der Waals surface area contributed by atoms with Crippen molar-refractivity contribution >= 4 is 11.6 Å². The molecule has 2 aromatic rings. The van der Waals surface area contributed by atoms with Gasteiger partial charge in [-0.2, -0.15) is 5.10 Å². The highest BCUT2D eigenvalue weighted by Gasteiger charge is 2.25. The minimum atomic E-state index is -0.628. The predicted octanol–water partition coefficient (Wildman–Crippen LogP) is 1.81. The molecule has 0 fully saturated rings. The van der Waals surface area contributed by atoms with Crippen molar-refractivity contribution in [3.63, 3.8) is 0 Å². The van der Waals surface area contributed by atoms with Gasteiger partial charge in [-0.25, -0.2) is 4.68 Å². The molecule has 1 aromatic carbocycles. The number of amides is 1. The minimum Gasteiger partial charge on any atom is -0.323 e. The van der Waals surface area contributed by atoms with E-state index >= 15 is 0 Å². The van der Waals surface area contributed by atoms with Gasteiger partial charge >= 0.3 is 0 Å². The van der Waals surface area contributed by atoms with Crippen LogP contribution in [0.2, 0.25) is 0 Å². The van der Waals surface area contributed by atoms with Crippen molar-refractivity contribution in [3.05, 3.63) is 42.7 Å². The minimum absolute atomic E-state index is 0.0883. The van der Waals surface area contributed by atoms with Crippen LogP contribution in [0.1, 0.15) is 13.8 Å². The SMILES string of the molecule is CNC(C)(C)C(=O)Nc1ccccc1-n1cccn1. The van der Waals surface area contributed by atoms with Crippen LogP contribution in [0.15, 0.2) is 42.7 Å². The zero-order chi connectivity index (χ0) is 13.9. The average molecular weight is 258 g/mol. The van der Waals surface area contributed by atoms with Crippen molar-refractivity contribution in [1.29, 1.82) is 0 Å². The number of para-hydroxylation sites is 2. The number of nitrogens with zero attached hydrogens (tertiary/aromatic N) is 2. The number of carbonyl (C=O) groups excluding carboxylic acids is 1. The molecule has 0 atom stereocenters. The second-order valence-electron chi connectivity index (χ2n) is 4.80. The fraction of sp³-hybridized carbons (Fsp3) is 0.286. The number of rotatable bonds is 4. The van der Waals surface area contributed by atoms with Crippen LogP contribution in [0.5, 0.6) is 0 Å². The van der Waals surface area contributed by atoms with Gasteiger partial charge in [0, 0.05) is 12.4 Å². The van der Waals surface area contributed by atoms with E-state index in [1.165, 1.54) is 0 Å². The zero-order valence-corrected chi connectivity index (χ0v) is 11.3. The topological polar surface area (TPSA) is 59.0 Å². The third-order valence-corrected chi connectivity index (χ3v) is 3.10. The van der Waals surface area contributed by atoms with E-state index in [4.69, 9.17) is 0 Å². The lowest BCUT2D eigenvalue weighted by Crippen LogP contribution is -2.48. The number of hydrogen-bond donors (Lipinski definition) is 2. The number of carbonyl (C=O) groups is 1. The van der Waals surface area contributed by atoms with E-state index in [2.05, 4.69) is 15.7 Å². The van der Waals surface area contributed by atoms with E-state index in [9.17, 15) is 4.79 Å². The van der Waals surface area contributed by atoms with Gasteiger partial charge in [0.15, 0.2) is 0 Å². The molecular weight excluding hydrogens is 240 g/mol. The first-order chi connectivity index (χ1) is 9.04. The van der Waals surface area contributed by atoms with Crippen molar-refractivity contribution in [2.75, 3.05) is 12.4 Å². The summed E-state index contributed by atoms with van der Waals surface area (Å²) in [6.07, 6.45) is 3.55. The van der Waals surface area contributed by atoms with Gasteiger partial charge in [-0.1, -0.05) is 12.1 Å². The van der Waals surface area contributed by atoms with Crippen LogP contribution in [-0.4, -0.2) is 28.3 Å². The monoisotopic (exact) mass is 258 g/mol. The van der Waals surface area contributed by atoms with Crippen molar-refractivity contribution in [2.45, 2.75) is 19.4 Å². The number of nitrogens with one attached hydrogen (secondary N) is 2. The van der Waals surface area contributed by atoms with E-state index in [1.54, 1.807) is 17.9 Å². The van der Waals surface area contributed by atoms with E-state index < -0.39 is 5.54 Å². The molecule has 0 radical (unpaired) electrons. The molecule has 0 bridgehead atoms. The number of aromatic nitrogens is 2. The Morgan fingerprint density at radius 1 is 1.26 bits per heavy atom. The van der Waals surface area contributed by atoms with Crippen LogP contribution in [0, 0.1) is 0 Å². The van der Waals surface area contributed by atoms with E-state index in [0.717, 1.165) is 11.4 Å². The average Bonchev–Trinajstić information content (AvgIpc) is 2.93. The highest BCUT2D eigenvalue weighted by atomic mass is 16.2. The third kappa shape index (κ3) is 2.82. The summed E-state index contributed by atoms with van der Waals surface area (Å²) in [5.41, 5.74) is 0.948. The number of hydrogen-bond acceptors (Lipinski definition) is 3. The molecule has 0 saturated carbocycles. The molecule has 5 nitrogen and oxygen atoms in total. The van der Waals surface area contributed by atoms with Crippen LogP contribution in [-0.2, 0) is 4.79 Å². The molecule has 0 unspecified atom stereocenters. The first-order valence-electron chi connectivity index (χ1n) is 6.14. The van der Waals surface area contributed by atoms with Gasteiger partial charge in [-0.15, -0.1) is 0 Å². The number of benzene rings is 1. The third-order valence-electron chi connectivity index (χ3n) is 3.10. The molecule has 19 heavy (non-hydrogen) atoms. The highest BCUT2D eigenvalue weighted by molar-refractivity contribution is 5.98. The summed E-state index contributed by atoms with van der Waals surface area (Å²) >= 11 is 0. The molecule has 5 heteroatoms. The second kappa shape index (κ2) is 5.24. The Bertz CT molecular complexity index is 561. The van der Waals surface area contributed by atoms with Crippen LogP contribution in [0.25, 0.3) is 5.69 Å². The van der Waals surface area contributed by atoms with Crippen molar-refractivity contribution in [3.8, 4) is 5.69 Å². The Hall–Kier alpha value is -2.14. The Morgan fingerprint density at radius 2 is 2.00 bits per heavy atom. The standard InChI is InChI=1S/C14H18N4O/c1-14(2,15-3)13(19)17-11-7-4-5-8-12(11)18-10-6-9-16-18/h4-10,15H,1-3H3,(H,17,19). The first kappa shape index (κ1) is 13.3. The van der Waals surface area contributed by atoms with Gasteiger partial charge in [0.05, 0.1) is 16.9 Å². The Balaban J connectivity index is 2.29. The molecule has 1 aromatic heterocycles. The lowest BCUT2D eigenvalue weighted by Gasteiger charge is -2.23. The molecule has 1 amide bonds. The van der Waals surface area contributed by atoms with Gasteiger partial charge in [-0.05, 0) is 39.1 Å². The molecule has 0 saturated heterocycles. The maximum atomic E-state index is 12.2. The molecule has 100 valence electrons. The molecule has 0 aliphatic heterocycles. The molecule has 0 aliphatic carbocycles. The summed E-state index contributed by atoms with van der Waals surface area (Å²) < 4.78 is 1.72. The summed E-state index contributed by atoms with van der Waals surface area (Å²) in [6.45, 7) is 3.66. The second-order valence-corrected chi connectivity index (χ2v) is 4.80. The lowest BCUT2D eigenvalue weighted by molar-refractivity contribution is -0.121. The van der Waals surface area contributed by atoms with Gasteiger partial charge < -0.3 is 10.6 Å². The number of likely N-dealkylation sites (N-methyl/N-ethyl adjacent to an activating group) is 1. The highest BCUT2D eigenvalue weighted by Crippen LogP contribution is 2.20. The quantitative estimate of drug-likeness (QED) is 0.879. The molecule has 1 heterocycles. The molecule has 0 aliphatic rings. The lowest BCUT2D eigenvalue weighted by atomic mass is 10.0. The van der Waals surface area contributed by atoms with Crippen molar-refractivity contribution < 1.29 is 4.79 Å². The fourth-order valence-electron chi connectivity index (χ4n) is 1.58. The van der Waals surface area contributed by atoms with Crippen LogP contribution in [0.4, 0.5) is 5.69 Å². The van der Waals surface area contributed by atoms with Gasteiger partial charge in [-0.3, -0.25) is 4.79 Å². The summed E-state index contributed by atoms with van der Waals surface area (Å²) in [5, 5.41) is 10.1. The van der Waals surface area contributed by atoms with E-state index in [0.29, 0.717) is 0 Å². The maximum Gasteiger partial charge on any atom is 0.244 e. The summed E-state index contributed by atoms with van der Waals surface area (Å²) in [6, 6.07) is 9.41. The van der Waals surface area contributed by atoms with E-state index in [1.807, 2.05) is 50.4 Å². The van der Waals surface area contributed by atoms with Crippen molar-refractivity contribution in [1.82, 2.24) is 15.1 Å². The first-order valence-corrected chi connectivity index (χ1v) is 6.14. The van der Waals surface area contributed by atoms with Crippen LogP contribution in [0.3, 0.4) is 0 Å². The van der Waals surface area contributed by atoms with Crippen molar-refractivity contribution in [2.24, 2.45) is 0 Å². The molecule has 2 N–H and O–H groups in total. The summed E-state index contributed by atoms with van der Waals surface area (Å²) in [7, 11) is 1.76. The molecule has 2 rings (SSSR count). The van der Waals surface area contributed by atoms with Crippen LogP contribution >= 0.6 is 0 Å². The maximum absolute atomic E-state index is 12.2. The van der Waals surface area contributed by atoms with E-state index in [-0.39, 0.29) is 5.91 Å². The Morgan fingerprint density at radius 3 is 2.63 bits per heavy atom. The van der Waals surface area contributed by atoms with Crippen LogP contribution < -0.4 is 10.6 Å². The van der Waals surface area contributed by atoms with Gasteiger partial charge in [0.25, 0.3) is 0 Å². The molecular formula is C14H18N4O. The summed E-state index contributed by atoms with van der Waals surface area (Å²) in [4.78, 5) is 12.2. The normalized spacial score (nSPS) is 11.3. The zero-order valence-electron chi connectivity index (χ0n) is 11.3. The summed E-state index contributed by atoms with van der Waals surface area (Å²) in [5.74, 6) is -0.0883.